The lowest BCUT2D eigenvalue weighted by atomic mass is 9.86. The van der Waals surface area contributed by atoms with Crippen molar-refractivity contribution in [1.29, 1.82) is 0 Å². The van der Waals surface area contributed by atoms with Crippen LogP contribution in [0, 0.1) is 5.41 Å². The Morgan fingerprint density at radius 3 is 2.55 bits per heavy atom. The van der Waals surface area contributed by atoms with Gasteiger partial charge in [0, 0.05) is 22.0 Å². The molecule has 1 aromatic carbocycles. The number of nitrogens with zero attached hydrogens (tertiary/aromatic N) is 1. The number of benzene rings is 1. The third-order valence-corrected chi connectivity index (χ3v) is 4.67. The van der Waals surface area contributed by atoms with Crippen molar-refractivity contribution >= 4 is 35.1 Å². The highest BCUT2D eigenvalue weighted by atomic mass is 35.5. The van der Waals surface area contributed by atoms with Gasteiger partial charge in [-0.3, -0.25) is 4.79 Å². The molecular formula is C18H23Cl2NO. The van der Waals surface area contributed by atoms with Gasteiger partial charge in [-0.25, -0.2) is 0 Å². The standard InChI is InChI=1S/C18H23Cl2NO/c1-18(2,13-21-10-4-3-5-11-21)17(22)9-7-14-6-8-15(19)12-16(14)20/h6-9,12H,3-5,10-11,13H2,1-2H3/b9-7+. The fraction of sp³-hybridized carbons (Fsp3) is 0.500. The van der Waals surface area contributed by atoms with Gasteiger partial charge in [-0.1, -0.05) is 49.5 Å². The Balaban J connectivity index is 2.01. The Hall–Kier alpha value is -0.830. The summed E-state index contributed by atoms with van der Waals surface area (Å²) in [6.07, 6.45) is 7.19. The zero-order valence-corrected chi connectivity index (χ0v) is 14.8. The van der Waals surface area contributed by atoms with Gasteiger partial charge in [0.25, 0.3) is 0 Å². The molecule has 1 aromatic rings. The molecule has 0 spiro atoms. The molecule has 1 aliphatic rings. The van der Waals surface area contributed by atoms with Crippen LogP contribution in [0.2, 0.25) is 10.0 Å². The number of halogens is 2. The van der Waals surface area contributed by atoms with Gasteiger partial charge >= 0.3 is 0 Å². The smallest absolute Gasteiger partial charge is 0.162 e. The lowest BCUT2D eigenvalue weighted by molar-refractivity contribution is -0.123. The summed E-state index contributed by atoms with van der Waals surface area (Å²) < 4.78 is 0. The van der Waals surface area contributed by atoms with Crippen molar-refractivity contribution in [2.75, 3.05) is 19.6 Å². The summed E-state index contributed by atoms with van der Waals surface area (Å²) in [5, 5.41) is 1.16. The van der Waals surface area contributed by atoms with E-state index in [1.54, 1.807) is 24.3 Å². The molecule has 4 heteroatoms. The first-order valence-corrected chi connectivity index (χ1v) is 8.54. The molecule has 0 aromatic heterocycles. The van der Waals surface area contributed by atoms with Crippen LogP contribution >= 0.6 is 23.2 Å². The number of allylic oxidation sites excluding steroid dienone is 1. The maximum Gasteiger partial charge on any atom is 0.162 e. The third-order valence-electron chi connectivity index (χ3n) is 4.11. The van der Waals surface area contributed by atoms with Crippen molar-refractivity contribution in [3.8, 4) is 0 Å². The van der Waals surface area contributed by atoms with E-state index in [-0.39, 0.29) is 11.2 Å². The molecule has 1 aliphatic heterocycles. The summed E-state index contributed by atoms with van der Waals surface area (Å²) in [5.74, 6) is 0.129. The average Bonchev–Trinajstić information content (AvgIpc) is 2.46. The predicted molar refractivity (Wildman–Crippen MR) is 94.6 cm³/mol. The van der Waals surface area contributed by atoms with Crippen molar-refractivity contribution < 1.29 is 4.79 Å². The zero-order chi connectivity index (χ0) is 16.2. The second kappa shape index (κ2) is 7.63. The van der Waals surface area contributed by atoms with Crippen LogP contribution < -0.4 is 0 Å². The summed E-state index contributed by atoms with van der Waals surface area (Å²) in [6.45, 7) is 7.03. The van der Waals surface area contributed by atoms with E-state index in [2.05, 4.69) is 4.90 Å². The average molecular weight is 340 g/mol. The highest BCUT2D eigenvalue weighted by Gasteiger charge is 2.28. The van der Waals surface area contributed by atoms with E-state index in [0.29, 0.717) is 10.0 Å². The van der Waals surface area contributed by atoms with Crippen molar-refractivity contribution in [2.45, 2.75) is 33.1 Å². The Bertz CT molecular complexity index is 560. The molecule has 0 atom stereocenters. The van der Waals surface area contributed by atoms with E-state index in [1.165, 1.54) is 19.3 Å². The van der Waals surface area contributed by atoms with E-state index in [1.807, 2.05) is 19.9 Å². The second-order valence-electron chi connectivity index (χ2n) is 6.58. The molecule has 0 N–H and O–H groups in total. The van der Waals surface area contributed by atoms with Crippen LogP contribution in [-0.4, -0.2) is 30.3 Å². The number of hydrogen-bond acceptors (Lipinski definition) is 2. The van der Waals surface area contributed by atoms with Crippen LogP contribution in [0.25, 0.3) is 6.08 Å². The summed E-state index contributed by atoms with van der Waals surface area (Å²) in [4.78, 5) is 14.9. The largest absolute Gasteiger partial charge is 0.302 e. The monoisotopic (exact) mass is 339 g/mol. The Morgan fingerprint density at radius 2 is 1.91 bits per heavy atom. The zero-order valence-electron chi connectivity index (χ0n) is 13.2. The molecule has 0 radical (unpaired) electrons. The van der Waals surface area contributed by atoms with E-state index >= 15 is 0 Å². The van der Waals surface area contributed by atoms with Gasteiger partial charge in [-0.05, 0) is 55.8 Å². The first-order valence-electron chi connectivity index (χ1n) is 7.78. The molecule has 2 nitrogen and oxygen atoms in total. The molecule has 2 rings (SSSR count). The lowest BCUT2D eigenvalue weighted by Crippen LogP contribution is -2.41. The van der Waals surface area contributed by atoms with Gasteiger partial charge < -0.3 is 4.90 Å². The summed E-state index contributed by atoms with van der Waals surface area (Å²) in [5.41, 5.74) is 0.431. The van der Waals surface area contributed by atoms with Crippen LogP contribution in [0.3, 0.4) is 0 Å². The molecule has 1 heterocycles. The number of rotatable bonds is 5. The van der Waals surface area contributed by atoms with Crippen molar-refractivity contribution in [1.82, 2.24) is 4.90 Å². The molecule has 0 amide bonds. The Kier molecular flexibility index (Phi) is 6.08. The minimum absolute atomic E-state index is 0.129. The summed E-state index contributed by atoms with van der Waals surface area (Å²) in [7, 11) is 0. The van der Waals surface area contributed by atoms with Gasteiger partial charge in [0.15, 0.2) is 5.78 Å². The van der Waals surface area contributed by atoms with Crippen molar-refractivity contribution in [3.63, 3.8) is 0 Å². The topological polar surface area (TPSA) is 20.3 Å². The normalized spacial score (nSPS) is 17.1. The van der Waals surface area contributed by atoms with Crippen LogP contribution in [0.4, 0.5) is 0 Å². The first kappa shape index (κ1) is 17.5. The molecule has 22 heavy (non-hydrogen) atoms. The number of likely N-dealkylation sites (tertiary alicyclic amines) is 1. The number of carbonyl (C=O) groups is 1. The minimum atomic E-state index is -0.382. The summed E-state index contributed by atoms with van der Waals surface area (Å²) >= 11 is 12.0. The Morgan fingerprint density at radius 1 is 1.23 bits per heavy atom. The third kappa shape index (κ3) is 4.84. The van der Waals surface area contributed by atoms with Crippen LogP contribution in [0.1, 0.15) is 38.7 Å². The molecule has 1 fully saturated rings. The molecule has 120 valence electrons. The molecule has 0 unspecified atom stereocenters. The van der Waals surface area contributed by atoms with E-state index in [0.717, 1.165) is 25.2 Å². The molecule has 0 saturated carbocycles. The SMILES string of the molecule is CC(C)(CN1CCCCC1)C(=O)/C=C/c1ccc(Cl)cc1Cl. The lowest BCUT2D eigenvalue weighted by Gasteiger charge is -2.33. The quantitative estimate of drug-likeness (QED) is 0.696. The maximum atomic E-state index is 12.5. The molecule has 0 aliphatic carbocycles. The number of ketones is 1. The van der Waals surface area contributed by atoms with Gasteiger partial charge in [-0.2, -0.15) is 0 Å². The minimum Gasteiger partial charge on any atom is -0.302 e. The maximum absolute atomic E-state index is 12.5. The van der Waals surface area contributed by atoms with Gasteiger partial charge in [0.05, 0.1) is 0 Å². The molecular weight excluding hydrogens is 317 g/mol. The van der Waals surface area contributed by atoms with Crippen LogP contribution in [0.15, 0.2) is 24.3 Å². The molecule has 1 saturated heterocycles. The van der Waals surface area contributed by atoms with E-state index in [4.69, 9.17) is 23.2 Å². The molecule has 0 bridgehead atoms. The summed E-state index contributed by atoms with van der Waals surface area (Å²) in [6, 6.07) is 5.29. The van der Waals surface area contributed by atoms with Crippen molar-refractivity contribution in [3.05, 3.63) is 39.9 Å². The first-order chi connectivity index (χ1) is 10.4. The van der Waals surface area contributed by atoms with Gasteiger partial charge in [0.2, 0.25) is 0 Å². The number of carbonyl (C=O) groups excluding carboxylic acids is 1. The van der Waals surface area contributed by atoms with E-state index in [9.17, 15) is 4.79 Å². The predicted octanol–water partition coefficient (Wildman–Crippen LogP) is 5.09. The van der Waals surface area contributed by atoms with Crippen molar-refractivity contribution in [2.24, 2.45) is 5.41 Å². The highest BCUT2D eigenvalue weighted by molar-refractivity contribution is 6.35. The second-order valence-corrected chi connectivity index (χ2v) is 7.43. The fourth-order valence-electron chi connectivity index (χ4n) is 2.78. The number of hydrogen-bond donors (Lipinski definition) is 0. The fourth-order valence-corrected chi connectivity index (χ4v) is 3.25. The number of piperidine rings is 1. The van der Waals surface area contributed by atoms with Gasteiger partial charge in [-0.15, -0.1) is 0 Å². The van der Waals surface area contributed by atoms with E-state index < -0.39 is 0 Å². The van der Waals surface area contributed by atoms with Crippen LogP contribution in [-0.2, 0) is 4.79 Å². The van der Waals surface area contributed by atoms with Crippen LogP contribution in [0.5, 0.6) is 0 Å². The van der Waals surface area contributed by atoms with Gasteiger partial charge in [0.1, 0.15) is 0 Å². The highest BCUT2D eigenvalue weighted by Crippen LogP contribution is 2.25. The Labute approximate surface area is 143 Å².